The van der Waals surface area contributed by atoms with Crippen LogP contribution in [0.2, 0.25) is 5.02 Å². The first-order valence-corrected chi connectivity index (χ1v) is 8.41. The van der Waals surface area contributed by atoms with Crippen LogP contribution in [0.3, 0.4) is 0 Å². The van der Waals surface area contributed by atoms with Gasteiger partial charge in [-0.05, 0) is 31.0 Å². The second kappa shape index (κ2) is 6.14. The molecule has 0 spiro atoms. The summed E-state index contributed by atoms with van der Waals surface area (Å²) in [7, 11) is -3.91. The molecular weight excluding hydrogens is 327 g/mol. The third kappa shape index (κ3) is 3.70. The van der Waals surface area contributed by atoms with Crippen LogP contribution in [0.15, 0.2) is 23.1 Å². The summed E-state index contributed by atoms with van der Waals surface area (Å²) in [5.74, 6) is 0. The average Bonchev–Trinajstić information content (AvgIpc) is 2.66. The molecule has 0 unspecified atom stereocenters. The first-order chi connectivity index (χ1) is 9.73. The van der Waals surface area contributed by atoms with E-state index >= 15 is 0 Å². The fourth-order valence-electron chi connectivity index (χ4n) is 2.31. The predicted molar refractivity (Wildman–Crippen MR) is 73.7 cm³/mol. The Morgan fingerprint density at radius 3 is 2.14 bits per heavy atom. The second-order valence-electron chi connectivity index (χ2n) is 4.96. The highest BCUT2D eigenvalue weighted by molar-refractivity contribution is 7.89. The van der Waals surface area contributed by atoms with Gasteiger partial charge in [0.25, 0.3) is 0 Å². The van der Waals surface area contributed by atoms with Gasteiger partial charge in [0.1, 0.15) is 0 Å². The van der Waals surface area contributed by atoms with Crippen LogP contribution in [-0.4, -0.2) is 25.8 Å². The summed E-state index contributed by atoms with van der Waals surface area (Å²) in [5, 5.41) is -0.502. The van der Waals surface area contributed by atoms with Crippen molar-refractivity contribution >= 4 is 21.6 Å². The van der Waals surface area contributed by atoms with E-state index in [1.807, 2.05) is 0 Å². The SMILES string of the molecule is O=S(=O)(c1ccc(Cl)c(C(F)(F)F)c1)N1CCCCCC1. The van der Waals surface area contributed by atoms with Gasteiger partial charge in [0.2, 0.25) is 10.0 Å². The van der Waals surface area contributed by atoms with Gasteiger partial charge in [0, 0.05) is 13.1 Å². The molecule has 0 aliphatic carbocycles. The number of halogens is 4. The summed E-state index contributed by atoms with van der Waals surface area (Å²) in [6.45, 7) is 0.679. The Labute approximate surface area is 126 Å². The molecule has 1 aromatic carbocycles. The van der Waals surface area contributed by atoms with Crippen molar-refractivity contribution in [1.29, 1.82) is 0 Å². The Kier molecular flexibility index (Phi) is 4.85. The van der Waals surface area contributed by atoms with E-state index in [-0.39, 0.29) is 4.90 Å². The molecule has 8 heteroatoms. The molecule has 0 N–H and O–H groups in total. The van der Waals surface area contributed by atoms with Crippen molar-refractivity contribution in [3.63, 3.8) is 0 Å². The van der Waals surface area contributed by atoms with Crippen LogP contribution < -0.4 is 0 Å². The van der Waals surface area contributed by atoms with E-state index in [2.05, 4.69) is 0 Å². The normalized spacial score (nSPS) is 18.5. The summed E-state index contributed by atoms with van der Waals surface area (Å²) in [5.41, 5.74) is -1.12. The van der Waals surface area contributed by atoms with Crippen LogP contribution in [-0.2, 0) is 16.2 Å². The first kappa shape index (κ1) is 16.6. The molecule has 3 nitrogen and oxygen atoms in total. The van der Waals surface area contributed by atoms with Crippen LogP contribution in [0.1, 0.15) is 31.2 Å². The van der Waals surface area contributed by atoms with E-state index in [0.29, 0.717) is 19.2 Å². The van der Waals surface area contributed by atoms with Gasteiger partial charge >= 0.3 is 6.18 Å². The minimum absolute atomic E-state index is 0.340. The van der Waals surface area contributed by atoms with E-state index in [9.17, 15) is 21.6 Å². The number of rotatable bonds is 2. The monoisotopic (exact) mass is 341 g/mol. The molecule has 118 valence electrons. The van der Waals surface area contributed by atoms with E-state index in [1.165, 1.54) is 4.31 Å². The zero-order valence-corrected chi connectivity index (χ0v) is 12.7. The summed E-state index contributed by atoms with van der Waals surface area (Å²) in [6.07, 6.45) is -1.37. The van der Waals surface area contributed by atoms with Crippen molar-refractivity contribution in [2.24, 2.45) is 0 Å². The zero-order valence-electron chi connectivity index (χ0n) is 11.2. The van der Waals surface area contributed by atoms with Gasteiger partial charge in [-0.3, -0.25) is 0 Å². The molecule has 1 aromatic rings. The van der Waals surface area contributed by atoms with Crippen molar-refractivity contribution in [3.05, 3.63) is 28.8 Å². The summed E-state index contributed by atoms with van der Waals surface area (Å²) in [6, 6.07) is 2.72. The van der Waals surface area contributed by atoms with Crippen molar-refractivity contribution in [3.8, 4) is 0 Å². The van der Waals surface area contributed by atoms with E-state index in [1.54, 1.807) is 0 Å². The summed E-state index contributed by atoms with van der Waals surface area (Å²) in [4.78, 5) is -0.360. The molecule has 0 radical (unpaired) electrons. The lowest BCUT2D eigenvalue weighted by molar-refractivity contribution is -0.137. The fraction of sp³-hybridized carbons (Fsp3) is 0.538. The summed E-state index contributed by atoms with van der Waals surface area (Å²) < 4.78 is 64.6. The highest BCUT2D eigenvalue weighted by Gasteiger charge is 2.35. The van der Waals surface area contributed by atoms with E-state index < -0.39 is 26.8 Å². The first-order valence-electron chi connectivity index (χ1n) is 6.60. The van der Waals surface area contributed by atoms with Crippen LogP contribution in [0, 0.1) is 0 Å². The maximum absolute atomic E-state index is 12.8. The van der Waals surface area contributed by atoms with Gasteiger partial charge in [0.05, 0.1) is 15.5 Å². The smallest absolute Gasteiger partial charge is 0.207 e. The van der Waals surface area contributed by atoms with Crippen LogP contribution in [0.5, 0.6) is 0 Å². The Balaban J connectivity index is 2.40. The molecule has 1 aliphatic heterocycles. The fourth-order valence-corrected chi connectivity index (χ4v) is 4.08. The Morgan fingerprint density at radius 1 is 1.05 bits per heavy atom. The van der Waals surface area contributed by atoms with Gasteiger partial charge < -0.3 is 0 Å². The van der Waals surface area contributed by atoms with Crippen LogP contribution in [0.25, 0.3) is 0 Å². The number of alkyl halides is 3. The zero-order chi connectivity index (χ0) is 15.7. The second-order valence-corrected chi connectivity index (χ2v) is 7.30. The molecular formula is C13H15ClF3NO2S. The standard InChI is InChI=1S/C13H15ClF3NO2S/c14-12-6-5-10(9-11(12)13(15,16)17)21(19,20)18-7-3-1-2-4-8-18/h5-6,9H,1-4,7-8H2. The molecule has 0 bridgehead atoms. The summed E-state index contributed by atoms with van der Waals surface area (Å²) >= 11 is 5.51. The Morgan fingerprint density at radius 2 is 1.62 bits per heavy atom. The number of nitrogens with zero attached hydrogens (tertiary/aromatic N) is 1. The van der Waals surface area contributed by atoms with Gasteiger partial charge in [-0.2, -0.15) is 17.5 Å². The third-order valence-corrected chi connectivity index (χ3v) is 5.67. The molecule has 0 aromatic heterocycles. The van der Waals surface area contributed by atoms with E-state index in [4.69, 9.17) is 11.6 Å². The molecule has 0 atom stereocenters. The van der Waals surface area contributed by atoms with Crippen molar-refractivity contribution in [1.82, 2.24) is 4.31 Å². The van der Waals surface area contributed by atoms with Crippen LogP contribution >= 0.6 is 11.6 Å². The minimum atomic E-state index is -4.68. The molecule has 0 saturated carbocycles. The molecule has 1 aliphatic rings. The highest BCUT2D eigenvalue weighted by atomic mass is 35.5. The number of hydrogen-bond donors (Lipinski definition) is 0. The minimum Gasteiger partial charge on any atom is -0.207 e. The lowest BCUT2D eigenvalue weighted by atomic mass is 10.2. The lowest BCUT2D eigenvalue weighted by Gasteiger charge is -2.20. The van der Waals surface area contributed by atoms with Crippen molar-refractivity contribution in [2.75, 3.05) is 13.1 Å². The number of sulfonamides is 1. The van der Waals surface area contributed by atoms with Gasteiger partial charge in [-0.15, -0.1) is 0 Å². The predicted octanol–water partition coefficient (Wildman–Crippen LogP) is 3.92. The topological polar surface area (TPSA) is 37.4 Å². The van der Waals surface area contributed by atoms with Gasteiger partial charge in [0.15, 0.2) is 0 Å². The molecule has 0 amide bonds. The Hall–Kier alpha value is -0.790. The lowest BCUT2D eigenvalue weighted by Crippen LogP contribution is -2.32. The van der Waals surface area contributed by atoms with Gasteiger partial charge in [-0.25, -0.2) is 8.42 Å². The van der Waals surface area contributed by atoms with Crippen LogP contribution in [0.4, 0.5) is 13.2 Å². The maximum atomic E-state index is 12.8. The molecule has 1 fully saturated rings. The largest absolute Gasteiger partial charge is 0.417 e. The van der Waals surface area contributed by atoms with E-state index in [0.717, 1.165) is 37.8 Å². The Bertz CT molecular complexity index is 608. The quantitative estimate of drug-likeness (QED) is 0.817. The molecule has 2 rings (SSSR count). The van der Waals surface area contributed by atoms with Crippen molar-refractivity contribution in [2.45, 2.75) is 36.8 Å². The number of benzene rings is 1. The maximum Gasteiger partial charge on any atom is 0.417 e. The molecule has 1 saturated heterocycles. The number of hydrogen-bond acceptors (Lipinski definition) is 2. The van der Waals surface area contributed by atoms with Crippen molar-refractivity contribution < 1.29 is 21.6 Å². The highest BCUT2D eigenvalue weighted by Crippen LogP contribution is 2.36. The van der Waals surface area contributed by atoms with Gasteiger partial charge in [-0.1, -0.05) is 24.4 Å². The molecule has 1 heterocycles. The average molecular weight is 342 g/mol. The third-order valence-electron chi connectivity index (χ3n) is 3.45. The molecule has 21 heavy (non-hydrogen) atoms.